The van der Waals surface area contributed by atoms with E-state index in [1.54, 1.807) is 19.4 Å². The predicted octanol–water partition coefficient (Wildman–Crippen LogP) is 0.673. The van der Waals surface area contributed by atoms with Gasteiger partial charge in [-0.15, -0.1) is 0 Å². The first kappa shape index (κ1) is 11.1. The molecule has 0 saturated carbocycles. The Morgan fingerprint density at radius 3 is 3.19 bits per heavy atom. The minimum atomic E-state index is 0.531. The van der Waals surface area contributed by atoms with E-state index in [0.29, 0.717) is 11.9 Å². The molecule has 2 heterocycles. The van der Waals surface area contributed by atoms with Gasteiger partial charge in [0.2, 0.25) is 11.8 Å². The number of nitrogens with zero attached hydrogens (tertiary/aromatic N) is 3. The van der Waals surface area contributed by atoms with Crippen molar-refractivity contribution in [2.24, 2.45) is 0 Å². The molecule has 0 spiro atoms. The molecule has 1 aliphatic heterocycles. The highest BCUT2D eigenvalue weighted by Gasteiger charge is 2.20. The van der Waals surface area contributed by atoms with E-state index in [0.717, 1.165) is 19.0 Å². The Kier molecular flexibility index (Phi) is 3.56. The van der Waals surface area contributed by atoms with Crippen LogP contribution in [0.5, 0.6) is 5.88 Å². The summed E-state index contributed by atoms with van der Waals surface area (Å²) in [4.78, 5) is 10.8. The number of ether oxygens (including phenoxy) is 1. The number of rotatable bonds is 3. The maximum absolute atomic E-state index is 5.11. The van der Waals surface area contributed by atoms with E-state index in [9.17, 15) is 0 Å². The Balaban J connectivity index is 2.10. The van der Waals surface area contributed by atoms with E-state index in [1.165, 1.54) is 12.8 Å². The topological polar surface area (TPSA) is 50.3 Å². The number of hydrogen-bond acceptors (Lipinski definition) is 5. The van der Waals surface area contributed by atoms with Crippen molar-refractivity contribution in [3.63, 3.8) is 0 Å². The van der Waals surface area contributed by atoms with Gasteiger partial charge in [-0.3, -0.25) is 0 Å². The van der Waals surface area contributed by atoms with Gasteiger partial charge in [0.25, 0.3) is 0 Å². The monoisotopic (exact) mass is 222 g/mol. The third kappa shape index (κ3) is 2.41. The number of anilines is 1. The Morgan fingerprint density at radius 1 is 1.56 bits per heavy atom. The second kappa shape index (κ2) is 5.12. The largest absolute Gasteiger partial charge is 0.481 e. The summed E-state index contributed by atoms with van der Waals surface area (Å²) in [7, 11) is 3.62. The maximum Gasteiger partial charge on any atom is 0.228 e. The van der Waals surface area contributed by atoms with Gasteiger partial charge in [0.05, 0.1) is 7.11 Å². The molecule has 0 radical (unpaired) electrons. The summed E-state index contributed by atoms with van der Waals surface area (Å²) in [6, 6.07) is 2.30. The summed E-state index contributed by atoms with van der Waals surface area (Å²) in [6.45, 7) is 1.98. The van der Waals surface area contributed by atoms with E-state index in [2.05, 4.69) is 20.2 Å². The zero-order valence-corrected chi connectivity index (χ0v) is 9.81. The van der Waals surface area contributed by atoms with E-state index in [4.69, 9.17) is 4.74 Å². The minimum Gasteiger partial charge on any atom is -0.481 e. The van der Waals surface area contributed by atoms with Gasteiger partial charge >= 0.3 is 0 Å². The average molecular weight is 222 g/mol. The van der Waals surface area contributed by atoms with Crippen LogP contribution in [0.2, 0.25) is 0 Å². The molecule has 0 bridgehead atoms. The zero-order valence-electron chi connectivity index (χ0n) is 9.81. The molecule has 1 aliphatic rings. The van der Waals surface area contributed by atoms with Crippen LogP contribution in [-0.4, -0.2) is 43.3 Å². The van der Waals surface area contributed by atoms with Crippen LogP contribution in [0, 0.1) is 0 Å². The standard InChI is InChI=1S/C11H18N4O/c1-12-9-4-3-7-15(8-9)11-13-6-5-10(14-11)16-2/h5-6,9,12H,3-4,7-8H2,1-2H3. The number of hydrogen-bond donors (Lipinski definition) is 1. The van der Waals surface area contributed by atoms with Gasteiger partial charge in [-0.05, 0) is 19.9 Å². The zero-order chi connectivity index (χ0) is 11.4. The molecule has 1 atom stereocenters. The van der Waals surface area contributed by atoms with E-state index in [1.807, 2.05) is 7.05 Å². The normalized spacial score (nSPS) is 20.9. The number of nitrogens with one attached hydrogen (secondary N) is 1. The van der Waals surface area contributed by atoms with Gasteiger partial charge in [0, 0.05) is 31.4 Å². The Morgan fingerprint density at radius 2 is 2.44 bits per heavy atom. The molecule has 0 aliphatic carbocycles. The van der Waals surface area contributed by atoms with Gasteiger partial charge in [0.15, 0.2) is 0 Å². The summed E-state index contributed by atoms with van der Waals surface area (Å²) >= 11 is 0. The fourth-order valence-electron chi connectivity index (χ4n) is 1.99. The first-order valence-corrected chi connectivity index (χ1v) is 5.62. The highest BCUT2D eigenvalue weighted by Crippen LogP contribution is 2.17. The number of likely N-dealkylation sites (N-methyl/N-ethyl adjacent to an activating group) is 1. The molecule has 1 saturated heterocycles. The van der Waals surface area contributed by atoms with Crippen LogP contribution in [0.1, 0.15) is 12.8 Å². The summed E-state index contributed by atoms with van der Waals surface area (Å²) in [6.07, 6.45) is 4.13. The second-order valence-electron chi connectivity index (χ2n) is 3.97. The molecule has 5 nitrogen and oxygen atoms in total. The molecule has 1 unspecified atom stereocenters. The van der Waals surface area contributed by atoms with E-state index < -0.39 is 0 Å². The van der Waals surface area contributed by atoms with Crippen LogP contribution < -0.4 is 15.0 Å². The maximum atomic E-state index is 5.11. The molecule has 1 aromatic rings. The molecule has 5 heteroatoms. The lowest BCUT2D eigenvalue weighted by Crippen LogP contribution is -2.45. The summed E-state index contributed by atoms with van der Waals surface area (Å²) < 4.78 is 5.11. The average Bonchev–Trinajstić information content (AvgIpc) is 2.39. The van der Waals surface area contributed by atoms with E-state index >= 15 is 0 Å². The molecule has 88 valence electrons. The Bertz CT molecular complexity index is 345. The van der Waals surface area contributed by atoms with Gasteiger partial charge < -0.3 is 15.0 Å². The molecule has 1 fully saturated rings. The third-order valence-electron chi connectivity index (χ3n) is 2.94. The summed E-state index contributed by atoms with van der Waals surface area (Å²) in [5.41, 5.74) is 0. The first-order chi connectivity index (χ1) is 7.83. The van der Waals surface area contributed by atoms with Crippen molar-refractivity contribution in [1.29, 1.82) is 0 Å². The molecule has 2 rings (SSSR count). The van der Waals surface area contributed by atoms with Gasteiger partial charge in [0.1, 0.15) is 0 Å². The van der Waals surface area contributed by atoms with E-state index in [-0.39, 0.29) is 0 Å². The van der Waals surface area contributed by atoms with Crippen molar-refractivity contribution in [2.75, 3.05) is 32.1 Å². The van der Waals surface area contributed by atoms with Gasteiger partial charge in [-0.25, -0.2) is 4.98 Å². The van der Waals surface area contributed by atoms with Crippen molar-refractivity contribution < 1.29 is 4.74 Å². The highest BCUT2D eigenvalue weighted by molar-refractivity contribution is 5.33. The summed E-state index contributed by atoms with van der Waals surface area (Å²) in [5, 5.41) is 3.30. The van der Waals surface area contributed by atoms with Crippen LogP contribution in [0.15, 0.2) is 12.3 Å². The van der Waals surface area contributed by atoms with Crippen LogP contribution in [-0.2, 0) is 0 Å². The Hall–Kier alpha value is -1.36. The lowest BCUT2D eigenvalue weighted by Gasteiger charge is -2.32. The molecule has 0 aromatic carbocycles. The predicted molar refractivity (Wildman–Crippen MR) is 62.9 cm³/mol. The van der Waals surface area contributed by atoms with Crippen LogP contribution in [0.4, 0.5) is 5.95 Å². The summed E-state index contributed by atoms with van der Waals surface area (Å²) in [5.74, 6) is 1.39. The fourth-order valence-corrected chi connectivity index (χ4v) is 1.99. The van der Waals surface area contributed by atoms with Crippen molar-refractivity contribution in [1.82, 2.24) is 15.3 Å². The minimum absolute atomic E-state index is 0.531. The quantitative estimate of drug-likeness (QED) is 0.814. The number of methoxy groups -OCH3 is 1. The van der Waals surface area contributed by atoms with Crippen molar-refractivity contribution >= 4 is 5.95 Å². The highest BCUT2D eigenvalue weighted by atomic mass is 16.5. The third-order valence-corrected chi connectivity index (χ3v) is 2.94. The van der Waals surface area contributed by atoms with Crippen molar-refractivity contribution in [2.45, 2.75) is 18.9 Å². The molecule has 1 aromatic heterocycles. The smallest absolute Gasteiger partial charge is 0.228 e. The molecular weight excluding hydrogens is 204 g/mol. The van der Waals surface area contributed by atoms with Crippen LogP contribution >= 0.6 is 0 Å². The molecule has 0 amide bonds. The fraction of sp³-hybridized carbons (Fsp3) is 0.636. The van der Waals surface area contributed by atoms with Crippen LogP contribution in [0.25, 0.3) is 0 Å². The van der Waals surface area contributed by atoms with Crippen molar-refractivity contribution in [3.8, 4) is 5.88 Å². The Labute approximate surface area is 95.8 Å². The molecule has 16 heavy (non-hydrogen) atoms. The van der Waals surface area contributed by atoms with Crippen molar-refractivity contribution in [3.05, 3.63) is 12.3 Å². The molecular formula is C11H18N4O. The van der Waals surface area contributed by atoms with Crippen LogP contribution in [0.3, 0.4) is 0 Å². The second-order valence-corrected chi connectivity index (χ2v) is 3.97. The lowest BCUT2D eigenvalue weighted by atomic mass is 10.1. The first-order valence-electron chi connectivity index (χ1n) is 5.62. The lowest BCUT2D eigenvalue weighted by molar-refractivity contribution is 0.394. The molecule has 1 N–H and O–H groups in total. The van der Waals surface area contributed by atoms with Gasteiger partial charge in [-0.2, -0.15) is 4.98 Å². The number of piperidine rings is 1. The SMILES string of the molecule is CNC1CCCN(c2nccc(OC)n2)C1. The number of aromatic nitrogens is 2. The van der Waals surface area contributed by atoms with Gasteiger partial charge in [-0.1, -0.05) is 0 Å².